The van der Waals surface area contributed by atoms with E-state index < -0.39 is 19.2 Å². The SMILES string of the molecule is C=S(C)(C)(C)N1C=CC(=C2C=CN(S(C)(C)C)C=C2)C=C1. The van der Waals surface area contributed by atoms with Gasteiger partial charge < -0.3 is 8.61 Å². The summed E-state index contributed by atoms with van der Waals surface area (Å²) in [7, 11) is -2.47. The van der Waals surface area contributed by atoms with Crippen LogP contribution in [0.2, 0.25) is 0 Å². The van der Waals surface area contributed by atoms with Crippen LogP contribution in [-0.4, -0.2) is 52.0 Å². The highest BCUT2D eigenvalue weighted by atomic mass is 32.3. The first-order valence-electron chi connectivity index (χ1n) is 6.87. The van der Waals surface area contributed by atoms with Crippen molar-refractivity contribution in [2.45, 2.75) is 0 Å². The molecule has 2 aliphatic rings. The van der Waals surface area contributed by atoms with E-state index in [4.69, 9.17) is 0 Å². The lowest BCUT2D eigenvalue weighted by molar-refractivity contribution is 0.814. The second-order valence-electron chi connectivity index (χ2n) is 7.43. The maximum absolute atomic E-state index is 4.38. The van der Waals surface area contributed by atoms with Crippen LogP contribution in [0, 0.1) is 0 Å². The molecule has 2 aliphatic heterocycles. The average Bonchev–Trinajstić information content (AvgIpc) is 2.36. The zero-order chi connectivity index (χ0) is 15.9. The van der Waals surface area contributed by atoms with Crippen molar-refractivity contribution in [3.8, 4) is 0 Å². The summed E-state index contributed by atoms with van der Waals surface area (Å²) in [4.78, 5) is 0. The van der Waals surface area contributed by atoms with Crippen LogP contribution in [0.25, 0.3) is 0 Å². The van der Waals surface area contributed by atoms with Crippen molar-refractivity contribution in [2.24, 2.45) is 0 Å². The molecule has 0 unspecified atom stereocenters. The van der Waals surface area contributed by atoms with Gasteiger partial charge in [-0.3, -0.25) is 0 Å². The number of hydrogen-bond acceptors (Lipinski definition) is 2. The van der Waals surface area contributed by atoms with Gasteiger partial charge >= 0.3 is 0 Å². The van der Waals surface area contributed by atoms with Crippen molar-refractivity contribution < 1.29 is 0 Å². The number of rotatable bonds is 2. The summed E-state index contributed by atoms with van der Waals surface area (Å²) in [6, 6.07) is 0. The minimum Gasteiger partial charge on any atom is -0.323 e. The molecule has 0 amide bonds. The summed E-state index contributed by atoms with van der Waals surface area (Å²) < 4.78 is 4.56. The fourth-order valence-corrected chi connectivity index (χ4v) is 3.90. The Kier molecular flexibility index (Phi) is 3.83. The molecule has 0 fully saturated rings. The largest absolute Gasteiger partial charge is 0.323 e. The normalized spacial score (nSPS) is 21.7. The standard InChI is InChI=1S/C17H28N2S2/c1-20(2,3)18-12-8-16(9-13-18)17-10-14-19(15-11-17)21(4,5,6)7/h8-15H,4H2,1-3,5-7H3. The predicted octanol–water partition coefficient (Wildman–Crippen LogP) is 4.15. The summed E-state index contributed by atoms with van der Waals surface area (Å²) in [6.07, 6.45) is 31.0. The zero-order valence-electron chi connectivity index (χ0n) is 14.0. The Bertz CT molecular complexity index is 606. The van der Waals surface area contributed by atoms with Gasteiger partial charge in [0.15, 0.2) is 0 Å². The van der Waals surface area contributed by atoms with Gasteiger partial charge in [-0.25, -0.2) is 0 Å². The first kappa shape index (κ1) is 16.2. The minimum atomic E-state index is -1.74. The molecular weight excluding hydrogens is 296 g/mol. The first-order chi connectivity index (χ1) is 9.44. The molecular formula is C17H28N2S2. The summed E-state index contributed by atoms with van der Waals surface area (Å²) >= 11 is 0. The van der Waals surface area contributed by atoms with Gasteiger partial charge in [0.05, 0.1) is 0 Å². The van der Waals surface area contributed by atoms with Crippen molar-refractivity contribution in [1.29, 1.82) is 0 Å². The van der Waals surface area contributed by atoms with E-state index in [-0.39, 0.29) is 0 Å². The topological polar surface area (TPSA) is 6.48 Å². The van der Waals surface area contributed by atoms with Gasteiger partial charge in [-0.1, -0.05) is 5.87 Å². The molecule has 0 aromatic heterocycles. The molecule has 2 rings (SSSR count). The Labute approximate surface area is 131 Å². The van der Waals surface area contributed by atoms with Crippen LogP contribution >= 0.6 is 19.2 Å². The van der Waals surface area contributed by atoms with Crippen LogP contribution in [0.1, 0.15) is 0 Å². The lowest BCUT2D eigenvalue weighted by Gasteiger charge is -2.46. The Morgan fingerprint density at radius 1 is 0.810 bits per heavy atom. The summed E-state index contributed by atoms with van der Waals surface area (Å²) in [5, 5.41) is 0. The third-order valence-corrected chi connectivity index (χ3v) is 6.67. The molecule has 0 aromatic carbocycles. The van der Waals surface area contributed by atoms with Gasteiger partial charge in [-0.05, 0) is 73.0 Å². The Hall–Kier alpha value is -1.13. The van der Waals surface area contributed by atoms with Gasteiger partial charge in [-0.2, -0.15) is 19.2 Å². The second-order valence-corrected chi connectivity index (χ2v) is 17.4. The van der Waals surface area contributed by atoms with E-state index in [9.17, 15) is 0 Å². The third kappa shape index (κ3) is 3.95. The number of hydrogen-bond donors (Lipinski definition) is 0. The van der Waals surface area contributed by atoms with Crippen molar-refractivity contribution in [3.05, 3.63) is 60.3 Å². The smallest absolute Gasteiger partial charge is 0.0145 e. The maximum atomic E-state index is 4.38. The van der Waals surface area contributed by atoms with Crippen LogP contribution in [0.5, 0.6) is 0 Å². The van der Waals surface area contributed by atoms with E-state index >= 15 is 0 Å². The fraction of sp³-hybridized carbons (Fsp3) is 0.353. The fourth-order valence-electron chi connectivity index (χ4n) is 2.03. The summed E-state index contributed by atoms with van der Waals surface area (Å²) in [5.41, 5.74) is 2.51. The molecule has 0 saturated heterocycles. The van der Waals surface area contributed by atoms with Crippen LogP contribution in [0.3, 0.4) is 0 Å². The minimum absolute atomic E-state index is 0.727. The monoisotopic (exact) mass is 324 g/mol. The van der Waals surface area contributed by atoms with Gasteiger partial charge in [0.2, 0.25) is 0 Å². The third-order valence-electron chi connectivity index (χ3n) is 3.35. The number of nitrogens with zero attached hydrogens (tertiary/aromatic N) is 2. The second kappa shape index (κ2) is 4.96. The quantitative estimate of drug-likeness (QED) is 0.704. The molecule has 0 saturated carbocycles. The molecule has 118 valence electrons. The first-order valence-corrected chi connectivity index (χ1v) is 13.1. The molecule has 0 radical (unpaired) electrons. The van der Waals surface area contributed by atoms with E-state index in [1.165, 1.54) is 11.1 Å². The highest BCUT2D eigenvalue weighted by Gasteiger charge is 2.19. The maximum Gasteiger partial charge on any atom is 0.0145 e. The Morgan fingerprint density at radius 2 is 1.19 bits per heavy atom. The van der Waals surface area contributed by atoms with Crippen molar-refractivity contribution >= 4 is 25.0 Å². The van der Waals surface area contributed by atoms with E-state index in [1.54, 1.807) is 0 Å². The zero-order valence-corrected chi connectivity index (χ0v) is 15.7. The summed E-state index contributed by atoms with van der Waals surface area (Å²) in [6.45, 7) is 0. The molecule has 0 aromatic rings. The molecule has 0 atom stereocenters. The highest BCUT2D eigenvalue weighted by Crippen LogP contribution is 2.50. The molecule has 21 heavy (non-hydrogen) atoms. The molecule has 0 spiro atoms. The molecule has 0 N–H and O–H groups in total. The highest BCUT2D eigenvalue weighted by molar-refractivity contribution is 8.43. The average molecular weight is 325 g/mol. The van der Waals surface area contributed by atoms with Crippen molar-refractivity contribution in [2.75, 3.05) is 37.5 Å². The molecule has 2 heterocycles. The van der Waals surface area contributed by atoms with E-state index in [2.05, 4.69) is 101 Å². The van der Waals surface area contributed by atoms with E-state index in [0.29, 0.717) is 0 Å². The van der Waals surface area contributed by atoms with Crippen LogP contribution < -0.4 is 0 Å². The Balaban J connectivity index is 2.21. The van der Waals surface area contributed by atoms with Crippen LogP contribution in [0.4, 0.5) is 0 Å². The van der Waals surface area contributed by atoms with Gasteiger partial charge in [0, 0.05) is 24.8 Å². The van der Waals surface area contributed by atoms with Gasteiger partial charge in [0.25, 0.3) is 0 Å². The number of allylic oxidation sites excluding steroid dienone is 6. The summed E-state index contributed by atoms with van der Waals surface area (Å²) in [5.74, 6) is 4.38. The lowest BCUT2D eigenvalue weighted by Crippen LogP contribution is -2.21. The lowest BCUT2D eigenvalue weighted by atomic mass is 10.1. The Morgan fingerprint density at radius 3 is 1.52 bits per heavy atom. The van der Waals surface area contributed by atoms with E-state index in [0.717, 1.165) is 0 Å². The van der Waals surface area contributed by atoms with Gasteiger partial charge in [-0.15, -0.1) is 0 Å². The molecule has 4 heteroatoms. The van der Waals surface area contributed by atoms with Crippen LogP contribution in [0.15, 0.2) is 60.3 Å². The predicted molar refractivity (Wildman–Crippen MR) is 105 cm³/mol. The van der Waals surface area contributed by atoms with Crippen molar-refractivity contribution in [3.63, 3.8) is 0 Å². The molecule has 2 nitrogen and oxygen atoms in total. The van der Waals surface area contributed by atoms with Crippen molar-refractivity contribution in [1.82, 2.24) is 8.61 Å². The molecule has 0 aliphatic carbocycles. The molecule has 0 bridgehead atoms. The van der Waals surface area contributed by atoms with Gasteiger partial charge in [0.1, 0.15) is 0 Å². The van der Waals surface area contributed by atoms with E-state index in [1.807, 2.05) is 0 Å². The van der Waals surface area contributed by atoms with Crippen LogP contribution in [-0.2, 0) is 0 Å².